The second-order valence-electron chi connectivity index (χ2n) is 9.24. The molecular weight excluding hydrogens is 458 g/mol. The standard InChI is InChI=1S/C26H31N7O3/c1-4-32-30-23(29-31-32)15-35-20-12-13-21-22(14-20)33(19-6-5-7-19)25(24(21)27)17-8-10-18(11-9-17)28-26(34)36-16(2)3/h8-14,16,19H,4-7,15,27H2,1-3H3,(H,28,34). The number of anilines is 2. The number of carbonyl (C=O) groups excluding carboxylic acids is 1. The van der Waals surface area contributed by atoms with Crippen LogP contribution in [-0.2, 0) is 17.9 Å². The number of amides is 1. The van der Waals surface area contributed by atoms with Crippen molar-refractivity contribution in [3.05, 3.63) is 48.3 Å². The van der Waals surface area contributed by atoms with Crippen LogP contribution in [0, 0.1) is 0 Å². The maximum atomic E-state index is 11.9. The zero-order chi connectivity index (χ0) is 25.2. The lowest BCUT2D eigenvalue weighted by Crippen LogP contribution is -2.18. The molecule has 0 aliphatic heterocycles. The Bertz CT molecular complexity index is 1370. The molecule has 0 unspecified atom stereocenters. The van der Waals surface area contributed by atoms with E-state index in [1.807, 2.05) is 63.2 Å². The van der Waals surface area contributed by atoms with Crippen molar-refractivity contribution >= 4 is 28.4 Å². The summed E-state index contributed by atoms with van der Waals surface area (Å²) >= 11 is 0. The Morgan fingerprint density at radius 3 is 2.61 bits per heavy atom. The molecule has 1 aliphatic rings. The summed E-state index contributed by atoms with van der Waals surface area (Å²) in [6.07, 6.45) is 2.75. The van der Waals surface area contributed by atoms with E-state index in [0.29, 0.717) is 24.1 Å². The summed E-state index contributed by atoms with van der Waals surface area (Å²) in [5.74, 6) is 1.26. The molecule has 3 N–H and O–H groups in total. The topological polar surface area (TPSA) is 122 Å². The van der Waals surface area contributed by atoms with Crippen LogP contribution in [0.4, 0.5) is 16.2 Å². The number of aromatic nitrogens is 5. The highest BCUT2D eigenvalue weighted by atomic mass is 16.6. The van der Waals surface area contributed by atoms with Crippen LogP contribution in [0.15, 0.2) is 42.5 Å². The lowest BCUT2D eigenvalue weighted by atomic mass is 9.92. The van der Waals surface area contributed by atoms with E-state index in [-0.39, 0.29) is 12.7 Å². The Hall–Kier alpha value is -4.08. The monoisotopic (exact) mass is 489 g/mol. The summed E-state index contributed by atoms with van der Waals surface area (Å²) < 4.78 is 13.5. The van der Waals surface area contributed by atoms with E-state index in [0.717, 1.165) is 46.4 Å². The van der Waals surface area contributed by atoms with Crippen LogP contribution in [0.1, 0.15) is 51.9 Å². The smallest absolute Gasteiger partial charge is 0.411 e. The van der Waals surface area contributed by atoms with Gasteiger partial charge in [-0.2, -0.15) is 4.80 Å². The highest BCUT2D eigenvalue weighted by Crippen LogP contribution is 2.45. The van der Waals surface area contributed by atoms with Crippen LogP contribution in [0.25, 0.3) is 22.2 Å². The molecule has 2 aromatic carbocycles. The molecule has 2 aromatic heterocycles. The number of rotatable bonds is 8. The van der Waals surface area contributed by atoms with Crippen molar-refractivity contribution in [2.24, 2.45) is 0 Å². The quantitative estimate of drug-likeness (QED) is 0.351. The molecule has 1 fully saturated rings. The first kappa shape index (κ1) is 23.7. The van der Waals surface area contributed by atoms with E-state index in [1.165, 1.54) is 11.2 Å². The second-order valence-corrected chi connectivity index (χ2v) is 9.24. The van der Waals surface area contributed by atoms with Crippen molar-refractivity contribution in [2.45, 2.75) is 65.3 Å². The number of tetrazole rings is 1. The van der Waals surface area contributed by atoms with Crippen molar-refractivity contribution in [2.75, 3.05) is 11.1 Å². The molecule has 10 heteroatoms. The molecule has 4 aromatic rings. The molecule has 0 radical (unpaired) electrons. The normalized spacial score (nSPS) is 13.7. The van der Waals surface area contributed by atoms with Gasteiger partial charge in [0.05, 0.1) is 29.5 Å². The number of hydrogen-bond acceptors (Lipinski definition) is 7. The lowest BCUT2D eigenvalue weighted by Gasteiger charge is -2.30. The number of aryl methyl sites for hydroxylation is 1. The van der Waals surface area contributed by atoms with Gasteiger partial charge >= 0.3 is 6.09 Å². The van der Waals surface area contributed by atoms with Gasteiger partial charge in [0, 0.05) is 28.7 Å². The third-order valence-electron chi connectivity index (χ3n) is 6.35. The van der Waals surface area contributed by atoms with Crippen molar-refractivity contribution in [3.63, 3.8) is 0 Å². The average Bonchev–Trinajstić information content (AvgIpc) is 3.39. The minimum absolute atomic E-state index is 0.183. The fraction of sp³-hybridized carbons (Fsp3) is 0.385. The Balaban J connectivity index is 1.45. The molecule has 10 nitrogen and oxygen atoms in total. The number of carbonyl (C=O) groups is 1. The van der Waals surface area contributed by atoms with E-state index in [9.17, 15) is 4.79 Å². The SMILES string of the molecule is CCn1nnc(COc2ccc3c(N)c(-c4ccc(NC(=O)OC(C)C)cc4)n(C4CCC4)c3c2)n1. The van der Waals surface area contributed by atoms with Crippen molar-refractivity contribution in [1.29, 1.82) is 0 Å². The van der Waals surface area contributed by atoms with Gasteiger partial charge < -0.3 is 19.8 Å². The van der Waals surface area contributed by atoms with Gasteiger partial charge in [0.25, 0.3) is 0 Å². The first-order valence-corrected chi connectivity index (χ1v) is 12.3. The highest BCUT2D eigenvalue weighted by molar-refractivity contribution is 6.01. The van der Waals surface area contributed by atoms with Gasteiger partial charge in [-0.1, -0.05) is 12.1 Å². The predicted molar refractivity (Wildman–Crippen MR) is 138 cm³/mol. The second kappa shape index (κ2) is 9.88. The van der Waals surface area contributed by atoms with Crippen LogP contribution in [0.3, 0.4) is 0 Å². The zero-order valence-electron chi connectivity index (χ0n) is 20.8. The number of benzene rings is 2. The van der Waals surface area contributed by atoms with E-state index >= 15 is 0 Å². The molecule has 1 amide bonds. The fourth-order valence-electron chi connectivity index (χ4n) is 4.41. The van der Waals surface area contributed by atoms with E-state index in [2.05, 4.69) is 25.3 Å². The number of hydrogen-bond donors (Lipinski definition) is 2. The highest BCUT2D eigenvalue weighted by Gasteiger charge is 2.27. The molecule has 0 spiro atoms. The Kier molecular flexibility index (Phi) is 6.49. The maximum absolute atomic E-state index is 11.9. The molecule has 1 aliphatic carbocycles. The van der Waals surface area contributed by atoms with Gasteiger partial charge in [-0.25, -0.2) is 4.79 Å². The first-order valence-electron chi connectivity index (χ1n) is 12.3. The van der Waals surface area contributed by atoms with Crippen molar-refractivity contribution in [1.82, 2.24) is 24.8 Å². The third-order valence-corrected chi connectivity index (χ3v) is 6.35. The first-order chi connectivity index (χ1) is 17.4. The molecular formula is C26H31N7O3. The lowest BCUT2D eigenvalue weighted by molar-refractivity contribution is 0.130. The number of fused-ring (bicyclic) bond motifs is 1. The summed E-state index contributed by atoms with van der Waals surface area (Å²) in [5.41, 5.74) is 11.1. The molecule has 1 saturated carbocycles. The van der Waals surface area contributed by atoms with Gasteiger partial charge in [0.2, 0.25) is 5.82 Å². The maximum Gasteiger partial charge on any atom is 0.411 e. The van der Waals surface area contributed by atoms with E-state index < -0.39 is 6.09 Å². The van der Waals surface area contributed by atoms with Gasteiger partial charge in [-0.15, -0.1) is 10.2 Å². The van der Waals surface area contributed by atoms with Crippen LogP contribution in [0.2, 0.25) is 0 Å². The molecule has 5 rings (SSSR count). The number of ether oxygens (including phenoxy) is 2. The number of nitrogens with zero attached hydrogens (tertiary/aromatic N) is 5. The van der Waals surface area contributed by atoms with Gasteiger partial charge in [-0.05, 0) is 69.5 Å². The molecule has 0 saturated heterocycles. The summed E-state index contributed by atoms with van der Waals surface area (Å²) in [7, 11) is 0. The van der Waals surface area contributed by atoms with E-state index in [4.69, 9.17) is 15.2 Å². The third kappa shape index (κ3) is 4.71. The predicted octanol–water partition coefficient (Wildman–Crippen LogP) is 5.16. The van der Waals surface area contributed by atoms with Gasteiger partial charge in [0.15, 0.2) is 6.61 Å². The van der Waals surface area contributed by atoms with Crippen molar-refractivity contribution in [3.8, 4) is 17.0 Å². The minimum Gasteiger partial charge on any atom is -0.485 e. The van der Waals surface area contributed by atoms with Gasteiger partial charge in [-0.3, -0.25) is 5.32 Å². The molecule has 188 valence electrons. The molecule has 0 bridgehead atoms. The summed E-state index contributed by atoms with van der Waals surface area (Å²) in [6, 6.07) is 14.0. The Morgan fingerprint density at radius 2 is 1.97 bits per heavy atom. The molecule has 0 atom stereocenters. The number of nitrogens with two attached hydrogens (primary N) is 1. The Labute approximate surface area is 209 Å². The van der Waals surface area contributed by atoms with Crippen molar-refractivity contribution < 1.29 is 14.3 Å². The fourth-order valence-corrected chi connectivity index (χ4v) is 4.41. The summed E-state index contributed by atoms with van der Waals surface area (Å²) in [4.78, 5) is 13.5. The zero-order valence-corrected chi connectivity index (χ0v) is 20.8. The van der Waals surface area contributed by atoms with E-state index in [1.54, 1.807) is 0 Å². The van der Waals surface area contributed by atoms with Crippen LogP contribution in [0.5, 0.6) is 5.75 Å². The van der Waals surface area contributed by atoms with Crippen LogP contribution in [-0.4, -0.2) is 37.0 Å². The molecule has 2 heterocycles. The summed E-state index contributed by atoms with van der Waals surface area (Å²) in [5, 5.41) is 16.0. The van der Waals surface area contributed by atoms with Crippen LogP contribution < -0.4 is 15.8 Å². The summed E-state index contributed by atoms with van der Waals surface area (Å²) in [6.45, 7) is 6.49. The molecule has 36 heavy (non-hydrogen) atoms. The van der Waals surface area contributed by atoms with Gasteiger partial charge in [0.1, 0.15) is 5.75 Å². The number of nitrogens with one attached hydrogen (secondary N) is 1. The largest absolute Gasteiger partial charge is 0.485 e. The average molecular weight is 490 g/mol. The van der Waals surface area contributed by atoms with Crippen LogP contribution >= 0.6 is 0 Å². The minimum atomic E-state index is -0.471. The number of nitrogen functional groups attached to an aromatic ring is 1. The Morgan fingerprint density at radius 1 is 1.19 bits per heavy atom.